The van der Waals surface area contributed by atoms with Crippen molar-refractivity contribution in [1.82, 2.24) is 0 Å². The first-order valence-corrected chi connectivity index (χ1v) is 5.89. The molecule has 8 heteroatoms. The van der Waals surface area contributed by atoms with Crippen LogP contribution in [0, 0.1) is 10.1 Å². The van der Waals surface area contributed by atoms with Gasteiger partial charge in [-0.3, -0.25) is 19.7 Å². The number of benzene rings is 1. The number of nitrogens with zero attached hydrogens (tertiary/aromatic N) is 1. The molecule has 0 heterocycles. The highest BCUT2D eigenvalue weighted by Crippen LogP contribution is 2.30. The van der Waals surface area contributed by atoms with Gasteiger partial charge in [0.25, 0.3) is 12.0 Å². The summed E-state index contributed by atoms with van der Waals surface area (Å²) >= 11 is 3.11. The second kappa shape index (κ2) is 6.28. The van der Waals surface area contributed by atoms with E-state index in [2.05, 4.69) is 15.9 Å². The van der Waals surface area contributed by atoms with Crippen molar-refractivity contribution < 1.29 is 24.0 Å². The minimum Gasteiger partial charge on any atom is -0.421 e. The largest absolute Gasteiger partial charge is 0.421 e. The average molecular weight is 332 g/mol. The normalized spacial score (nSPS) is 10.1. The Morgan fingerprint density at radius 1 is 1.26 bits per heavy atom. The van der Waals surface area contributed by atoms with Crippen LogP contribution in [0.15, 0.2) is 22.7 Å². The fourth-order valence-corrected chi connectivity index (χ4v) is 1.83. The Hall–Kier alpha value is -1.96. The molecule has 0 unspecified atom stereocenters. The van der Waals surface area contributed by atoms with E-state index in [0.29, 0.717) is 10.0 Å². The quantitative estimate of drug-likeness (QED) is 0.364. The summed E-state index contributed by atoms with van der Waals surface area (Å²) in [6.07, 6.45) is -1.25. The summed E-state index contributed by atoms with van der Waals surface area (Å²) in [6.45, 7) is 2.32. The number of esters is 2. The van der Waals surface area contributed by atoms with Crippen molar-refractivity contribution in [3.8, 4) is 0 Å². The molecule has 0 aromatic heterocycles. The Morgan fingerprint density at radius 2 is 1.79 bits per heavy atom. The number of rotatable bonds is 4. The summed E-state index contributed by atoms with van der Waals surface area (Å²) in [7, 11) is 0. The van der Waals surface area contributed by atoms with Crippen molar-refractivity contribution in [1.29, 1.82) is 0 Å². The zero-order chi connectivity index (χ0) is 14.6. The second-order valence-corrected chi connectivity index (χ2v) is 4.37. The first kappa shape index (κ1) is 15.1. The number of carbonyl (C=O) groups excluding carboxylic acids is 2. The van der Waals surface area contributed by atoms with Gasteiger partial charge in [-0.2, -0.15) is 0 Å². The molecule has 0 radical (unpaired) electrons. The van der Waals surface area contributed by atoms with Gasteiger partial charge < -0.3 is 9.47 Å². The maximum absolute atomic E-state index is 11.0. The van der Waals surface area contributed by atoms with Crippen LogP contribution in [0.25, 0.3) is 0 Å². The van der Waals surface area contributed by atoms with Crippen LogP contribution in [-0.2, 0) is 19.1 Å². The van der Waals surface area contributed by atoms with Gasteiger partial charge in [0.2, 0.25) is 0 Å². The Labute approximate surface area is 116 Å². The lowest BCUT2D eigenvalue weighted by atomic mass is 10.2. The molecule has 0 aliphatic rings. The zero-order valence-corrected chi connectivity index (χ0v) is 11.7. The lowest BCUT2D eigenvalue weighted by Crippen LogP contribution is -2.15. The van der Waals surface area contributed by atoms with Crippen LogP contribution < -0.4 is 0 Å². The lowest BCUT2D eigenvalue weighted by Gasteiger charge is -2.17. The van der Waals surface area contributed by atoms with Gasteiger partial charge >= 0.3 is 11.9 Å². The molecule has 0 amide bonds. The van der Waals surface area contributed by atoms with Gasteiger partial charge in [0, 0.05) is 36.0 Å². The molecule has 1 rings (SSSR count). The molecule has 0 saturated heterocycles. The number of nitro benzene ring substituents is 1. The molecule has 102 valence electrons. The Morgan fingerprint density at radius 3 is 2.16 bits per heavy atom. The van der Waals surface area contributed by atoms with Crippen LogP contribution in [0.3, 0.4) is 0 Å². The van der Waals surface area contributed by atoms with Crippen molar-refractivity contribution in [3.05, 3.63) is 38.3 Å². The van der Waals surface area contributed by atoms with Gasteiger partial charge in [0.15, 0.2) is 0 Å². The fourth-order valence-electron chi connectivity index (χ4n) is 1.27. The van der Waals surface area contributed by atoms with Gasteiger partial charge in [-0.05, 0) is 22.0 Å². The standard InChI is InChI=1S/C11H10BrNO6/c1-6(14)18-11(19-7(2)15)9-4-3-8(13(16)17)5-10(9)12/h3-5,11H,1-2H3. The molecule has 0 N–H and O–H groups in total. The van der Waals surface area contributed by atoms with E-state index in [0.717, 1.165) is 13.8 Å². The number of ether oxygens (including phenoxy) is 2. The number of hydrogen-bond donors (Lipinski definition) is 0. The molecule has 19 heavy (non-hydrogen) atoms. The summed E-state index contributed by atoms with van der Waals surface area (Å²) < 4.78 is 9.99. The minimum absolute atomic E-state index is 0.139. The van der Waals surface area contributed by atoms with E-state index >= 15 is 0 Å². The third-order valence-electron chi connectivity index (χ3n) is 1.99. The second-order valence-electron chi connectivity index (χ2n) is 3.51. The molecule has 7 nitrogen and oxygen atoms in total. The van der Waals surface area contributed by atoms with E-state index in [1.165, 1.54) is 18.2 Å². The van der Waals surface area contributed by atoms with E-state index in [4.69, 9.17) is 9.47 Å². The molecule has 0 spiro atoms. The smallest absolute Gasteiger partial charge is 0.305 e. The number of halogens is 1. The van der Waals surface area contributed by atoms with Crippen molar-refractivity contribution in [2.45, 2.75) is 20.1 Å². The molecule has 1 aromatic rings. The van der Waals surface area contributed by atoms with Gasteiger partial charge in [-0.25, -0.2) is 0 Å². The van der Waals surface area contributed by atoms with Crippen molar-refractivity contribution in [2.24, 2.45) is 0 Å². The van der Waals surface area contributed by atoms with E-state index in [-0.39, 0.29) is 5.69 Å². The molecule has 0 fully saturated rings. The molecule has 0 saturated carbocycles. The Bertz CT molecular complexity index is 514. The number of non-ortho nitro benzene ring substituents is 1. The van der Waals surface area contributed by atoms with Crippen LogP contribution in [0.4, 0.5) is 5.69 Å². The lowest BCUT2D eigenvalue weighted by molar-refractivity contribution is -0.385. The van der Waals surface area contributed by atoms with Crippen LogP contribution in [-0.4, -0.2) is 16.9 Å². The van der Waals surface area contributed by atoms with Gasteiger partial charge in [0.05, 0.1) is 4.92 Å². The maximum Gasteiger partial charge on any atom is 0.305 e. The summed E-state index contributed by atoms with van der Waals surface area (Å²) in [5.74, 6) is -1.28. The first-order chi connectivity index (χ1) is 8.81. The van der Waals surface area contributed by atoms with Crippen molar-refractivity contribution in [2.75, 3.05) is 0 Å². The van der Waals surface area contributed by atoms with Crippen molar-refractivity contribution in [3.63, 3.8) is 0 Å². The molecular formula is C11H10BrNO6. The molecule has 0 aliphatic carbocycles. The van der Waals surface area contributed by atoms with Crippen LogP contribution in [0.5, 0.6) is 0 Å². The average Bonchev–Trinajstić information content (AvgIpc) is 2.26. The Balaban J connectivity index is 3.11. The molecular weight excluding hydrogens is 322 g/mol. The molecule has 0 bridgehead atoms. The SMILES string of the molecule is CC(=O)OC(OC(C)=O)c1ccc([N+](=O)[O-])cc1Br. The van der Waals surface area contributed by atoms with Crippen LogP contribution in [0.1, 0.15) is 25.7 Å². The summed E-state index contributed by atoms with van der Waals surface area (Å²) in [5.41, 5.74) is 0.163. The van der Waals surface area contributed by atoms with E-state index in [1.807, 2.05) is 0 Å². The van der Waals surface area contributed by atoms with E-state index < -0.39 is 23.2 Å². The van der Waals surface area contributed by atoms with E-state index in [9.17, 15) is 19.7 Å². The Kier molecular flexibility index (Phi) is 4.99. The number of carbonyl (C=O) groups is 2. The number of nitro groups is 1. The summed E-state index contributed by atoms with van der Waals surface area (Å²) in [4.78, 5) is 32.0. The molecule has 0 atom stereocenters. The van der Waals surface area contributed by atoms with Gasteiger partial charge in [-0.1, -0.05) is 0 Å². The highest BCUT2D eigenvalue weighted by atomic mass is 79.9. The van der Waals surface area contributed by atoms with Crippen LogP contribution >= 0.6 is 15.9 Å². The first-order valence-electron chi connectivity index (χ1n) is 5.09. The van der Waals surface area contributed by atoms with Crippen LogP contribution in [0.2, 0.25) is 0 Å². The number of hydrogen-bond acceptors (Lipinski definition) is 6. The highest BCUT2D eigenvalue weighted by molar-refractivity contribution is 9.10. The minimum atomic E-state index is -1.25. The highest BCUT2D eigenvalue weighted by Gasteiger charge is 2.22. The third kappa shape index (κ3) is 4.32. The summed E-state index contributed by atoms with van der Waals surface area (Å²) in [5, 5.41) is 10.6. The van der Waals surface area contributed by atoms with Crippen molar-refractivity contribution >= 4 is 33.6 Å². The van der Waals surface area contributed by atoms with E-state index in [1.54, 1.807) is 0 Å². The zero-order valence-electron chi connectivity index (χ0n) is 10.1. The topological polar surface area (TPSA) is 95.7 Å². The monoisotopic (exact) mass is 331 g/mol. The molecule has 1 aromatic carbocycles. The maximum atomic E-state index is 11.0. The third-order valence-corrected chi connectivity index (χ3v) is 2.68. The predicted molar refractivity (Wildman–Crippen MR) is 67.1 cm³/mol. The van der Waals surface area contributed by atoms with Gasteiger partial charge in [-0.15, -0.1) is 0 Å². The summed E-state index contributed by atoms with van der Waals surface area (Å²) in [6, 6.07) is 3.80. The molecule has 0 aliphatic heterocycles. The fraction of sp³-hybridized carbons (Fsp3) is 0.273. The predicted octanol–water partition coefficient (Wildman–Crippen LogP) is 2.48. The van der Waals surface area contributed by atoms with Gasteiger partial charge in [0.1, 0.15) is 0 Å².